The van der Waals surface area contributed by atoms with Crippen LogP contribution in [0.2, 0.25) is 0 Å². The van der Waals surface area contributed by atoms with Crippen molar-refractivity contribution in [1.82, 2.24) is 10.2 Å². The molecule has 0 bridgehead atoms. The molecule has 0 aliphatic heterocycles. The quantitative estimate of drug-likeness (QED) is 0.757. The minimum absolute atomic E-state index is 0.00773. The number of carbonyl (C=O) groups excluding carboxylic acids is 1. The van der Waals surface area contributed by atoms with E-state index in [2.05, 4.69) is 19.2 Å². The van der Waals surface area contributed by atoms with Crippen LogP contribution in [0.4, 0.5) is 4.79 Å². The highest BCUT2D eigenvalue weighted by atomic mass is 16.2. The Morgan fingerprint density at radius 1 is 1.31 bits per heavy atom. The van der Waals surface area contributed by atoms with Crippen LogP contribution in [0.1, 0.15) is 47.5 Å². The summed E-state index contributed by atoms with van der Waals surface area (Å²) < 4.78 is 0. The molecule has 0 atom stereocenters. The van der Waals surface area contributed by atoms with Gasteiger partial charge in [0.2, 0.25) is 0 Å². The first kappa shape index (κ1) is 15.2. The van der Waals surface area contributed by atoms with Crippen LogP contribution in [0.5, 0.6) is 0 Å². The zero-order valence-corrected chi connectivity index (χ0v) is 11.3. The van der Waals surface area contributed by atoms with E-state index in [-0.39, 0.29) is 17.6 Å². The Bertz CT molecular complexity index is 207. The monoisotopic (exact) mass is 229 g/mol. The predicted octanol–water partition coefficient (Wildman–Crippen LogP) is 1.94. The first-order valence-corrected chi connectivity index (χ1v) is 6.14. The van der Waals surface area contributed by atoms with Gasteiger partial charge in [-0.2, -0.15) is 0 Å². The van der Waals surface area contributed by atoms with Gasteiger partial charge in [0.05, 0.1) is 0 Å². The van der Waals surface area contributed by atoms with Crippen LogP contribution < -0.4 is 11.1 Å². The number of rotatable bonds is 5. The smallest absolute Gasteiger partial charge is 0.318 e. The van der Waals surface area contributed by atoms with E-state index in [9.17, 15) is 4.79 Å². The van der Waals surface area contributed by atoms with Crippen molar-refractivity contribution in [2.75, 3.05) is 13.1 Å². The maximum absolute atomic E-state index is 12.1. The van der Waals surface area contributed by atoms with Gasteiger partial charge in [0, 0.05) is 24.7 Å². The number of nitrogens with one attached hydrogen (secondary N) is 1. The largest absolute Gasteiger partial charge is 0.333 e. The second-order valence-electron chi connectivity index (χ2n) is 5.13. The lowest BCUT2D eigenvalue weighted by Crippen LogP contribution is -2.53. The Labute approximate surface area is 99.6 Å². The van der Waals surface area contributed by atoms with E-state index in [4.69, 9.17) is 5.73 Å². The fraction of sp³-hybridized carbons (Fsp3) is 0.917. The van der Waals surface area contributed by atoms with E-state index in [1.807, 2.05) is 25.7 Å². The molecule has 0 heterocycles. The van der Waals surface area contributed by atoms with Crippen LogP contribution in [-0.2, 0) is 0 Å². The molecule has 0 aromatic rings. The van der Waals surface area contributed by atoms with E-state index < -0.39 is 0 Å². The molecule has 2 amide bonds. The van der Waals surface area contributed by atoms with Gasteiger partial charge < -0.3 is 16.0 Å². The summed E-state index contributed by atoms with van der Waals surface area (Å²) in [6.07, 6.45) is 1.93. The molecular formula is C12H27N3O. The van der Waals surface area contributed by atoms with Gasteiger partial charge in [0.25, 0.3) is 0 Å². The van der Waals surface area contributed by atoms with Gasteiger partial charge in [0.15, 0.2) is 0 Å². The molecule has 3 N–H and O–H groups in total. The van der Waals surface area contributed by atoms with Crippen LogP contribution in [0.25, 0.3) is 0 Å². The third-order valence-electron chi connectivity index (χ3n) is 2.50. The molecule has 0 spiro atoms. The summed E-state index contributed by atoms with van der Waals surface area (Å²) in [7, 11) is 0. The van der Waals surface area contributed by atoms with Crippen LogP contribution in [-0.4, -0.2) is 35.6 Å². The molecule has 0 rings (SSSR count). The number of amides is 2. The molecule has 4 nitrogen and oxygen atoms in total. The van der Waals surface area contributed by atoms with Gasteiger partial charge in [-0.25, -0.2) is 4.79 Å². The first-order valence-electron chi connectivity index (χ1n) is 6.14. The van der Waals surface area contributed by atoms with Gasteiger partial charge in [0.1, 0.15) is 0 Å². The highest BCUT2D eigenvalue weighted by Gasteiger charge is 2.23. The van der Waals surface area contributed by atoms with Gasteiger partial charge in [-0.15, -0.1) is 0 Å². The number of hydrogen-bond donors (Lipinski definition) is 2. The van der Waals surface area contributed by atoms with Gasteiger partial charge in [-0.3, -0.25) is 0 Å². The number of hydrogen-bond acceptors (Lipinski definition) is 2. The number of urea groups is 1. The van der Waals surface area contributed by atoms with Crippen molar-refractivity contribution in [1.29, 1.82) is 0 Å². The standard InChI is InChI=1S/C12H27N3O/c1-6-10(7-2)15(9-8-13)11(16)14-12(3,4)5/h10H,6-9,13H2,1-5H3,(H,14,16). The topological polar surface area (TPSA) is 58.4 Å². The van der Waals surface area contributed by atoms with Crippen LogP contribution >= 0.6 is 0 Å². The molecule has 96 valence electrons. The summed E-state index contributed by atoms with van der Waals surface area (Å²) in [4.78, 5) is 13.9. The average molecular weight is 229 g/mol. The summed E-state index contributed by atoms with van der Waals surface area (Å²) in [5, 5.41) is 2.98. The zero-order chi connectivity index (χ0) is 12.8. The normalized spacial score (nSPS) is 11.7. The maximum atomic E-state index is 12.1. The fourth-order valence-corrected chi connectivity index (χ4v) is 1.71. The minimum atomic E-state index is -0.198. The van der Waals surface area contributed by atoms with E-state index in [0.29, 0.717) is 13.1 Å². The lowest BCUT2D eigenvalue weighted by Gasteiger charge is -2.33. The molecule has 0 radical (unpaired) electrons. The Morgan fingerprint density at radius 3 is 2.12 bits per heavy atom. The number of carbonyl (C=O) groups is 1. The Kier molecular flexibility index (Phi) is 6.41. The van der Waals surface area contributed by atoms with Crippen LogP contribution in [0, 0.1) is 0 Å². The summed E-state index contributed by atoms with van der Waals surface area (Å²) in [6, 6.07) is 0.276. The number of nitrogens with two attached hydrogens (primary N) is 1. The lowest BCUT2D eigenvalue weighted by atomic mass is 10.1. The average Bonchev–Trinajstić information content (AvgIpc) is 2.15. The molecular weight excluding hydrogens is 202 g/mol. The van der Waals surface area contributed by atoms with Crippen molar-refractivity contribution in [3.05, 3.63) is 0 Å². The molecule has 0 saturated carbocycles. The summed E-state index contributed by atoms with van der Waals surface area (Å²) in [5.41, 5.74) is 5.36. The molecule has 0 aliphatic carbocycles. The van der Waals surface area contributed by atoms with Crippen molar-refractivity contribution in [2.45, 2.75) is 59.0 Å². The molecule has 4 heteroatoms. The molecule has 0 fully saturated rings. The lowest BCUT2D eigenvalue weighted by molar-refractivity contribution is 0.164. The highest BCUT2D eigenvalue weighted by molar-refractivity contribution is 5.75. The number of nitrogens with zero attached hydrogens (tertiary/aromatic N) is 1. The molecule has 0 aliphatic rings. The second-order valence-corrected chi connectivity index (χ2v) is 5.13. The van der Waals surface area contributed by atoms with Crippen molar-refractivity contribution in [3.8, 4) is 0 Å². The summed E-state index contributed by atoms with van der Waals surface area (Å²) in [5.74, 6) is 0. The van der Waals surface area contributed by atoms with Crippen molar-refractivity contribution in [2.24, 2.45) is 5.73 Å². The zero-order valence-electron chi connectivity index (χ0n) is 11.3. The van der Waals surface area contributed by atoms with Crippen LogP contribution in [0.3, 0.4) is 0 Å². The minimum Gasteiger partial charge on any atom is -0.333 e. The van der Waals surface area contributed by atoms with Gasteiger partial charge >= 0.3 is 6.03 Å². The Morgan fingerprint density at radius 2 is 1.81 bits per heavy atom. The van der Waals surface area contributed by atoms with Gasteiger partial charge in [-0.1, -0.05) is 13.8 Å². The molecule has 0 aromatic carbocycles. The highest BCUT2D eigenvalue weighted by Crippen LogP contribution is 2.10. The van der Waals surface area contributed by atoms with Crippen molar-refractivity contribution >= 4 is 6.03 Å². The predicted molar refractivity (Wildman–Crippen MR) is 68.4 cm³/mol. The molecule has 0 unspecified atom stereocenters. The summed E-state index contributed by atoms with van der Waals surface area (Å²) >= 11 is 0. The van der Waals surface area contributed by atoms with Gasteiger partial charge in [-0.05, 0) is 33.6 Å². The third kappa shape index (κ3) is 5.35. The summed E-state index contributed by atoms with van der Waals surface area (Å²) in [6.45, 7) is 11.3. The van der Waals surface area contributed by atoms with E-state index in [1.165, 1.54) is 0 Å². The Hall–Kier alpha value is -0.770. The Balaban J connectivity index is 4.57. The second kappa shape index (κ2) is 6.74. The van der Waals surface area contributed by atoms with Crippen molar-refractivity contribution in [3.63, 3.8) is 0 Å². The third-order valence-corrected chi connectivity index (χ3v) is 2.50. The van der Waals surface area contributed by atoms with E-state index >= 15 is 0 Å². The fourth-order valence-electron chi connectivity index (χ4n) is 1.71. The van der Waals surface area contributed by atoms with Crippen molar-refractivity contribution < 1.29 is 4.79 Å². The SMILES string of the molecule is CCC(CC)N(CCN)C(=O)NC(C)(C)C. The van der Waals surface area contributed by atoms with Crippen LogP contribution in [0.15, 0.2) is 0 Å². The molecule has 0 aromatic heterocycles. The van der Waals surface area contributed by atoms with E-state index in [0.717, 1.165) is 12.8 Å². The molecule has 16 heavy (non-hydrogen) atoms. The van der Waals surface area contributed by atoms with E-state index in [1.54, 1.807) is 0 Å². The maximum Gasteiger partial charge on any atom is 0.318 e. The first-order chi connectivity index (χ1) is 7.35. The molecule has 0 saturated heterocycles.